The van der Waals surface area contributed by atoms with Crippen LogP contribution in [-0.4, -0.2) is 26.2 Å². The van der Waals surface area contributed by atoms with Crippen molar-refractivity contribution in [2.75, 3.05) is 6.26 Å². The molecule has 19 heavy (non-hydrogen) atoms. The third-order valence-corrected chi connectivity index (χ3v) is 6.98. The Balaban J connectivity index is 2.36. The lowest BCUT2D eigenvalue weighted by Crippen LogP contribution is -2.18. The van der Waals surface area contributed by atoms with Crippen LogP contribution in [0.3, 0.4) is 0 Å². The van der Waals surface area contributed by atoms with Crippen molar-refractivity contribution >= 4 is 44.1 Å². The Labute approximate surface area is 117 Å². The van der Waals surface area contributed by atoms with Crippen LogP contribution in [0.1, 0.15) is 25.6 Å². The zero-order valence-electron chi connectivity index (χ0n) is 10.0. The fraction of sp³-hybridized carbons (Fsp3) is 0.167. The summed E-state index contributed by atoms with van der Waals surface area (Å²) in [5.41, 5.74) is 0.603. The molecule has 0 aromatic carbocycles. The highest BCUT2D eigenvalue weighted by molar-refractivity contribution is 7.92. The highest BCUT2D eigenvalue weighted by atomic mass is 32.2. The average molecular weight is 312 g/mol. The number of hydrogen-bond donors (Lipinski definition) is 0. The lowest BCUT2D eigenvalue weighted by Gasteiger charge is -2.08. The van der Waals surface area contributed by atoms with Gasteiger partial charge < -0.3 is 0 Å². The van der Waals surface area contributed by atoms with E-state index in [1.54, 1.807) is 6.07 Å². The first-order valence-electron chi connectivity index (χ1n) is 5.33. The summed E-state index contributed by atoms with van der Waals surface area (Å²) in [6.45, 7) is 1.85. The number of thiophene rings is 2. The van der Waals surface area contributed by atoms with Crippen LogP contribution >= 0.6 is 22.7 Å². The summed E-state index contributed by atoms with van der Waals surface area (Å²) < 4.78 is 23.3. The van der Waals surface area contributed by atoms with Crippen molar-refractivity contribution in [2.24, 2.45) is 0 Å². The van der Waals surface area contributed by atoms with Gasteiger partial charge in [-0.2, -0.15) is 0 Å². The molecule has 0 unspecified atom stereocenters. The molecule has 1 aliphatic rings. The SMILES string of the molecule is Cc1cc2c(s1)-c1sc(S(C)(=O)=O)cc1C(=O)C2=O. The van der Waals surface area contributed by atoms with E-state index in [-0.39, 0.29) is 9.77 Å². The van der Waals surface area contributed by atoms with Gasteiger partial charge in [0, 0.05) is 22.3 Å². The van der Waals surface area contributed by atoms with Crippen LogP contribution < -0.4 is 0 Å². The normalized spacial score (nSPS) is 14.4. The molecule has 3 rings (SSSR count). The first-order valence-corrected chi connectivity index (χ1v) is 8.85. The van der Waals surface area contributed by atoms with Gasteiger partial charge in [0.05, 0.1) is 9.75 Å². The van der Waals surface area contributed by atoms with Gasteiger partial charge in [-0.3, -0.25) is 9.59 Å². The van der Waals surface area contributed by atoms with E-state index in [0.29, 0.717) is 15.3 Å². The molecule has 0 amide bonds. The van der Waals surface area contributed by atoms with Crippen LogP contribution in [0.2, 0.25) is 0 Å². The van der Waals surface area contributed by atoms with Gasteiger partial charge in [-0.1, -0.05) is 0 Å². The minimum Gasteiger partial charge on any atom is -0.285 e. The Morgan fingerprint density at radius 3 is 2.05 bits per heavy atom. The lowest BCUT2D eigenvalue weighted by atomic mass is 9.95. The molecule has 98 valence electrons. The number of aryl methyl sites for hydroxylation is 1. The fourth-order valence-corrected chi connectivity index (χ4v) is 5.23. The largest absolute Gasteiger partial charge is 0.285 e. The molecule has 0 atom stereocenters. The van der Waals surface area contributed by atoms with E-state index in [4.69, 9.17) is 0 Å². The van der Waals surface area contributed by atoms with Crippen molar-refractivity contribution in [3.8, 4) is 9.75 Å². The molecule has 7 heteroatoms. The van der Waals surface area contributed by atoms with E-state index in [0.717, 1.165) is 22.5 Å². The van der Waals surface area contributed by atoms with E-state index >= 15 is 0 Å². The third-order valence-electron chi connectivity index (χ3n) is 2.83. The van der Waals surface area contributed by atoms with Crippen molar-refractivity contribution < 1.29 is 18.0 Å². The number of carbonyl (C=O) groups excluding carboxylic acids is 2. The molecule has 0 saturated carbocycles. The van der Waals surface area contributed by atoms with Crippen molar-refractivity contribution in [2.45, 2.75) is 11.1 Å². The molecular formula is C12H8O4S3. The second-order valence-corrected chi connectivity index (χ2v) is 8.89. The predicted molar refractivity (Wildman–Crippen MR) is 74.1 cm³/mol. The van der Waals surface area contributed by atoms with Gasteiger partial charge in [0.15, 0.2) is 9.84 Å². The van der Waals surface area contributed by atoms with E-state index in [2.05, 4.69) is 0 Å². The van der Waals surface area contributed by atoms with Crippen LogP contribution in [0.5, 0.6) is 0 Å². The second-order valence-electron chi connectivity index (χ2n) is 4.34. The molecule has 2 heterocycles. The van der Waals surface area contributed by atoms with E-state index in [1.165, 1.54) is 17.4 Å². The van der Waals surface area contributed by atoms with Crippen LogP contribution in [0.15, 0.2) is 16.3 Å². The van der Waals surface area contributed by atoms with Crippen LogP contribution in [0, 0.1) is 6.92 Å². The molecule has 4 nitrogen and oxygen atoms in total. The lowest BCUT2D eigenvalue weighted by molar-refractivity contribution is 0.0816. The minimum absolute atomic E-state index is 0.123. The number of Topliss-reactive ketones (excluding diaryl/α,β-unsaturated/α-hetero) is 2. The number of ketones is 2. The standard InChI is InChI=1S/C12H8O4S3/c1-5-3-6-9(13)10(14)7-4-8(19(2,15)16)18-12(7)11(6)17-5/h3-4H,1-2H3. The molecule has 0 bridgehead atoms. The summed E-state index contributed by atoms with van der Waals surface area (Å²) >= 11 is 2.46. The van der Waals surface area contributed by atoms with Crippen molar-refractivity contribution in [3.05, 3.63) is 28.1 Å². The summed E-state index contributed by atoms with van der Waals surface area (Å²) in [6, 6.07) is 3.00. The maximum atomic E-state index is 12.0. The maximum absolute atomic E-state index is 12.0. The molecule has 2 aromatic rings. The quantitative estimate of drug-likeness (QED) is 0.759. The van der Waals surface area contributed by atoms with Gasteiger partial charge in [0.25, 0.3) is 0 Å². The number of fused-ring (bicyclic) bond motifs is 3. The molecule has 0 aliphatic heterocycles. The maximum Gasteiger partial charge on any atom is 0.235 e. The van der Waals surface area contributed by atoms with Crippen LogP contribution in [0.25, 0.3) is 9.75 Å². The Morgan fingerprint density at radius 1 is 0.947 bits per heavy atom. The van der Waals surface area contributed by atoms with Gasteiger partial charge >= 0.3 is 0 Å². The van der Waals surface area contributed by atoms with E-state index in [1.807, 2.05) is 6.92 Å². The van der Waals surface area contributed by atoms with Crippen LogP contribution in [0.4, 0.5) is 0 Å². The summed E-state index contributed by atoms with van der Waals surface area (Å²) in [4.78, 5) is 26.2. The molecule has 1 aliphatic carbocycles. The van der Waals surface area contributed by atoms with Crippen molar-refractivity contribution in [1.82, 2.24) is 0 Å². The van der Waals surface area contributed by atoms with Gasteiger partial charge in [-0.05, 0) is 19.1 Å². The Hall–Kier alpha value is -1.31. The molecular weight excluding hydrogens is 304 g/mol. The van der Waals surface area contributed by atoms with Gasteiger partial charge in [-0.25, -0.2) is 8.42 Å². The van der Waals surface area contributed by atoms with Crippen molar-refractivity contribution in [1.29, 1.82) is 0 Å². The molecule has 0 saturated heterocycles. The van der Waals surface area contributed by atoms with Gasteiger partial charge in [0.2, 0.25) is 11.6 Å². The Morgan fingerprint density at radius 2 is 1.47 bits per heavy atom. The van der Waals surface area contributed by atoms with E-state index < -0.39 is 21.4 Å². The number of sulfone groups is 1. The molecule has 0 spiro atoms. The van der Waals surface area contributed by atoms with Crippen molar-refractivity contribution in [3.63, 3.8) is 0 Å². The Bertz CT molecular complexity index is 836. The highest BCUT2D eigenvalue weighted by Crippen LogP contribution is 2.44. The van der Waals surface area contributed by atoms with Crippen LogP contribution in [-0.2, 0) is 9.84 Å². The topological polar surface area (TPSA) is 68.3 Å². The minimum atomic E-state index is -3.37. The average Bonchev–Trinajstić information content (AvgIpc) is 2.88. The fourth-order valence-electron chi connectivity index (χ4n) is 1.98. The monoisotopic (exact) mass is 312 g/mol. The third kappa shape index (κ3) is 1.80. The number of carbonyl (C=O) groups is 2. The summed E-state index contributed by atoms with van der Waals surface area (Å²) in [5.74, 6) is -1.17. The smallest absolute Gasteiger partial charge is 0.235 e. The predicted octanol–water partition coefficient (Wildman–Crippen LogP) is 2.57. The zero-order valence-corrected chi connectivity index (χ0v) is 12.5. The molecule has 2 aromatic heterocycles. The van der Waals surface area contributed by atoms with Gasteiger partial charge in [0.1, 0.15) is 4.21 Å². The Kier molecular flexibility index (Phi) is 2.57. The highest BCUT2D eigenvalue weighted by Gasteiger charge is 2.35. The number of rotatable bonds is 1. The first-order chi connectivity index (χ1) is 8.79. The van der Waals surface area contributed by atoms with E-state index in [9.17, 15) is 18.0 Å². The molecule has 0 radical (unpaired) electrons. The van der Waals surface area contributed by atoms with Gasteiger partial charge in [-0.15, -0.1) is 22.7 Å². The summed E-state index contributed by atoms with van der Waals surface area (Å²) in [6.07, 6.45) is 1.09. The second kappa shape index (κ2) is 3.84. The summed E-state index contributed by atoms with van der Waals surface area (Å²) in [5, 5.41) is 0. The molecule has 0 N–H and O–H groups in total. The zero-order chi connectivity index (χ0) is 13.9. The first kappa shape index (κ1) is 12.7. The molecule has 0 fully saturated rings. The number of hydrogen-bond acceptors (Lipinski definition) is 6. The summed E-state index contributed by atoms with van der Waals surface area (Å²) in [7, 11) is -3.37.